The maximum atomic E-state index is 11.9. The summed E-state index contributed by atoms with van der Waals surface area (Å²) in [7, 11) is 2.72. The Balaban J connectivity index is 3.15. The first-order valence-electron chi connectivity index (χ1n) is 5.84. The molecule has 8 nitrogen and oxygen atoms in total. The number of nitro benzene ring substituents is 1. The van der Waals surface area contributed by atoms with Crippen molar-refractivity contribution >= 4 is 11.6 Å². The van der Waals surface area contributed by atoms with Crippen molar-refractivity contribution in [2.45, 2.75) is 6.42 Å². The molecule has 1 rings (SSSR count). The van der Waals surface area contributed by atoms with Crippen molar-refractivity contribution in [3.63, 3.8) is 0 Å². The van der Waals surface area contributed by atoms with E-state index < -0.39 is 10.8 Å². The molecular formula is C12H16N2O6. The summed E-state index contributed by atoms with van der Waals surface area (Å²) in [4.78, 5) is 22.3. The van der Waals surface area contributed by atoms with E-state index in [2.05, 4.69) is 5.32 Å². The van der Waals surface area contributed by atoms with Gasteiger partial charge in [-0.1, -0.05) is 0 Å². The third-order valence-electron chi connectivity index (χ3n) is 2.56. The Labute approximate surface area is 115 Å². The van der Waals surface area contributed by atoms with E-state index in [4.69, 9.17) is 14.6 Å². The highest BCUT2D eigenvalue weighted by atomic mass is 16.6. The number of rotatable bonds is 7. The average Bonchev–Trinajstić information content (AvgIpc) is 2.45. The summed E-state index contributed by atoms with van der Waals surface area (Å²) in [6.07, 6.45) is 0.368. The molecule has 2 N–H and O–H groups in total. The van der Waals surface area contributed by atoms with E-state index in [9.17, 15) is 14.9 Å². The predicted molar refractivity (Wildman–Crippen MR) is 70.2 cm³/mol. The SMILES string of the molecule is COc1cc(C(=O)NCCCO)c([N+](=O)[O-])cc1OC. The molecule has 8 heteroatoms. The number of amides is 1. The van der Waals surface area contributed by atoms with Gasteiger partial charge in [-0.15, -0.1) is 0 Å². The fraction of sp³-hybridized carbons (Fsp3) is 0.417. The van der Waals surface area contributed by atoms with Crippen LogP contribution in [0.25, 0.3) is 0 Å². The van der Waals surface area contributed by atoms with Gasteiger partial charge < -0.3 is 19.9 Å². The van der Waals surface area contributed by atoms with Gasteiger partial charge >= 0.3 is 0 Å². The number of ether oxygens (including phenoxy) is 2. The van der Waals surface area contributed by atoms with E-state index >= 15 is 0 Å². The van der Waals surface area contributed by atoms with Gasteiger partial charge in [0, 0.05) is 19.2 Å². The van der Waals surface area contributed by atoms with Crippen molar-refractivity contribution in [3.8, 4) is 11.5 Å². The molecule has 1 aromatic rings. The maximum absolute atomic E-state index is 11.9. The normalized spacial score (nSPS) is 9.95. The molecule has 0 aliphatic heterocycles. The Morgan fingerprint density at radius 3 is 2.45 bits per heavy atom. The van der Waals surface area contributed by atoms with E-state index in [1.807, 2.05) is 0 Å². The van der Waals surface area contributed by atoms with E-state index in [1.54, 1.807) is 0 Å². The van der Waals surface area contributed by atoms with Crippen LogP contribution in [0.3, 0.4) is 0 Å². The molecule has 1 aromatic carbocycles. The number of benzene rings is 1. The molecule has 0 aliphatic carbocycles. The van der Waals surface area contributed by atoms with Crippen molar-refractivity contribution in [1.29, 1.82) is 0 Å². The summed E-state index contributed by atoms with van der Waals surface area (Å²) in [5, 5.41) is 22.1. The molecule has 0 radical (unpaired) electrons. The number of nitrogens with one attached hydrogen (secondary N) is 1. The number of aliphatic hydroxyl groups is 1. The molecule has 110 valence electrons. The number of nitrogens with zero attached hydrogens (tertiary/aromatic N) is 1. The molecular weight excluding hydrogens is 268 g/mol. The zero-order chi connectivity index (χ0) is 15.1. The monoisotopic (exact) mass is 284 g/mol. The molecule has 0 atom stereocenters. The number of carbonyl (C=O) groups excluding carboxylic acids is 1. The Hall–Kier alpha value is -2.35. The number of nitro groups is 1. The molecule has 0 saturated carbocycles. The topological polar surface area (TPSA) is 111 Å². The number of methoxy groups -OCH3 is 2. The minimum atomic E-state index is -0.664. The smallest absolute Gasteiger partial charge is 0.286 e. The van der Waals surface area contributed by atoms with Gasteiger partial charge in [0.05, 0.1) is 25.2 Å². The Kier molecular flexibility index (Phi) is 5.73. The van der Waals surface area contributed by atoms with Gasteiger partial charge in [0.15, 0.2) is 11.5 Å². The second-order valence-corrected chi connectivity index (χ2v) is 3.81. The van der Waals surface area contributed by atoms with Gasteiger partial charge in [-0.05, 0) is 6.42 Å². The second-order valence-electron chi connectivity index (χ2n) is 3.81. The third-order valence-corrected chi connectivity index (χ3v) is 2.56. The molecule has 1 amide bonds. The van der Waals surface area contributed by atoms with E-state index in [1.165, 1.54) is 20.3 Å². The number of carbonyl (C=O) groups is 1. The number of aliphatic hydroxyl groups excluding tert-OH is 1. The van der Waals surface area contributed by atoms with Crippen LogP contribution in [-0.4, -0.2) is 43.3 Å². The van der Waals surface area contributed by atoms with Crippen molar-refractivity contribution in [2.24, 2.45) is 0 Å². The highest BCUT2D eigenvalue weighted by Gasteiger charge is 2.24. The maximum Gasteiger partial charge on any atom is 0.286 e. The fourth-order valence-corrected chi connectivity index (χ4v) is 1.58. The predicted octanol–water partition coefficient (Wildman–Crippen LogP) is 0.724. The molecule has 0 aliphatic rings. The van der Waals surface area contributed by atoms with Crippen LogP contribution in [-0.2, 0) is 0 Å². The summed E-state index contributed by atoms with van der Waals surface area (Å²) < 4.78 is 9.99. The first-order chi connectivity index (χ1) is 9.54. The summed E-state index contributed by atoms with van der Waals surface area (Å²) in [5.74, 6) is -0.206. The average molecular weight is 284 g/mol. The van der Waals surface area contributed by atoms with Crippen LogP contribution in [0.15, 0.2) is 12.1 Å². The largest absolute Gasteiger partial charge is 0.493 e. The molecule has 0 heterocycles. The number of hydrogen-bond donors (Lipinski definition) is 2. The highest BCUT2D eigenvalue weighted by molar-refractivity contribution is 5.99. The Morgan fingerprint density at radius 2 is 1.95 bits per heavy atom. The zero-order valence-electron chi connectivity index (χ0n) is 11.2. The summed E-state index contributed by atoms with van der Waals surface area (Å²) in [6.45, 7) is 0.148. The number of hydrogen-bond acceptors (Lipinski definition) is 6. The van der Waals surface area contributed by atoms with Crippen LogP contribution in [0, 0.1) is 10.1 Å². The molecule has 0 saturated heterocycles. The van der Waals surface area contributed by atoms with Crippen LogP contribution >= 0.6 is 0 Å². The van der Waals surface area contributed by atoms with Crippen LogP contribution in [0.5, 0.6) is 11.5 Å². The molecule has 20 heavy (non-hydrogen) atoms. The summed E-state index contributed by atoms with van der Waals surface area (Å²) >= 11 is 0. The minimum absolute atomic E-state index is 0.0751. The van der Waals surface area contributed by atoms with E-state index in [-0.39, 0.29) is 35.9 Å². The third kappa shape index (κ3) is 3.58. The van der Waals surface area contributed by atoms with Gasteiger partial charge in [-0.3, -0.25) is 14.9 Å². The minimum Gasteiger partial charge on any atom is -0.493 e. The molecule has 0 spiro atoms. The van der Waals surface area contributed by atoms with Crippen molar-refractivity contribution in [3.05, 3.63) is 27.8 Å². The lowest BCUT2D eigenvalue weighted by atomic mass is 10.1. The van der Waals surface area contributed by atoms with Crippen molar-refractivity contribution in [1.82, 2.24) is 5.32 Å². The van der Waals surface area contributed by atoms with Gasteiger partial charge in [-0.25, -0.2) is 0 Å². The highest BCUT2D eigenvalue weighted by Crippen LogP contribution is 2.34. The van der Waals surface area contributed by atoms with Crippen LogP contribution in [0.2, 0.25) is 0 Å². The van der Waals surface area contributed by atoms with Gasteiger partial charge in [-0.2, -0.15) is 0 Å². The van der Waals surface area contributed by atoms with Crippen LogP contribution in [0.1, 0.15) is 16.8 Å². The summed E-state index contributed by atoms with van der Waals surface area (Å²) in [5.41, 5.74) is -0.491. The quantitative estimate of drug-likeness (QED) is 0.433. The summed E-state index contributed by atoms with van der Waals surface area (Å²) in [6, 6.07) is 2.39. The van der Waals surface area contributed by atoms with Gasteiger partial charge in [0.2, 0.25) is 0 Å². The van der Waals surface area contributed by atoms with Crippen LogP contribution < -0.4 is 14.8 Å². The second kappa shape index (κ2) is 7.29. The van der Waals surface area contributed by atoms with Crippen LogP contribution in [0.4, 0.5) is 5.69 Å². The standard InChI is InChI=1S/C12H16N2O6/c1-19-10-6-8(12(16)13-4-3-5-15)9(14(17)18)7-11(10)20-2/h6-7,15H,3-5H2,1-2H3,(H,13,16). The Morgan fingerprint density at radius 1 is 1.35 bits per heavy atom. The lowest BCUT2D eigenvalue weighted by Gasteiger charge is -2.10. The lowest BCUT2D eigenvalue weighted by molar-refractivity contribution is -0.385. The van der Waals surface area contributed by atoms with Crippen molar-refractivity contribution < 1.29 is 24.3 Å². The lowest BCUT2D eigenvalue weighted by Crippen LogP contribution is -2.25. The van der Waals surface area contributed by atoms with E-state index in [0.29, 0.717) is 6.42 Å². The Bertz CT molecular complexity index is 503. The fourth-order valence-electron chi connectivity index (χ4n) is 1.58. The molecule has 0 bridgehead atoms. The van der Waals surface area contributed by atoms with Gasteiger partial charge in [0.1, 0.15) is 5.56 Å². The van der Waals surface area contributed by atoms with Gasteiger partial charge in [0.25, 0.3) is 11.6 Å². The first-order valence-corrected chi connectivity index (χ1v) is 5.84. The first kappa shape index (κ1) is 15.7. The van der Waals surface area contributed by atoms with Crippen molar-refractivity contribution in [2.75, 3.05) is 27.4 Å². The molecule has 0 fully saturated rings. The van der Waals surface area contributed by atoms with E-state index in [0.717, 1.165) is 6.07 Å². The molecule has 0 aromatic heterocycles. The molecule has 0 unspecified atom stereocenters. The zero-order valence-corrected chi connectivity index (χ0v) is 11.2.